The van der Waals surface area contributed by atoms with Crippen molar-refractivity contribution in [3.63, 3.8) is 0 Å². The van der Waals surface area contributed by atoms with Gasteiger partial charge in [0.2, 0.25) is 0 Å². The number of nitrogens with zero attached hydrogens (tertiary/aromatic N) is 1. The van der Waals surface area contributed by atoms with Crippen LogP contribution < -0.4 is 5.32 Å². The summed E-state index contributed by atoms with van der Waals surface area (Å²) in [7, 11) is 1.23. The van der Waals surface area contributed by atoms with Gasteiger partial charge in [0.25, 0.3) is 5.91 Å². The molecular formula is C15H17BrN2O5. The first kappa shape index (κ1) is 17.3. The molecule has 23 heavy (non-hydrogen) atoms. The number of rotatable bonds is 5. The van der Waals surface area contributed by atoms with E-state index in [9.17, 15) is 14.7 Å². The van der Waals surface area contributed by atoms with Gasteiger partial charge in [-0.2, -0.15) is 0 Å². The first-order valence-electron chi connectivity index (χ1n) is 6.87. The zero-order chi connectivity index (χ0) is 17.1. The third-order valence-corrected chi connectivity index (χ3v) is 4.44. The number of nitrogens with one attached hydrogen (secondary N) is 1. The second-order valence-electron chi connectivity index (χ2n) is 4.99. The fourth-order valence-electron chi connectivity index (χ4n) is 2.30. The van der Waals surface area contributed by atoms with Crippen LogP contribution in [-0.2, 0) is 14.3 Å². The van der Waals surface area contributed by atoms with Gasteiger partial charge in [0.05, 0.1) is 31.5 Å². The molecule has 0 aromatic heterocycles. The van der Waals surface area contributed by atoms with Gasteiger partial charge in [-0.15, -0.1) is 0 Å². The lowest BCUT2D eigenvalue weighted by atomic mass is 10.1. The van der Waals surface area contributed by atoms with Crippen LogP contribution in [-0.4, -0.2) is 53.8 Å². The Bertz CT molecular complexity index is 687. The van der Waals surface area contributed by atoms with Crippen LogP contribution in [0.5, 0.6) is 5.75 Å². The number of benzene rings is 1. The van der Waals surface area contributed by atoms with Crippen molar-refractivity contribution < 1.29 is 24.5 Å². The van der Waals surface area contributed by atoms with Crippen LogP contribution >= 0.6 is 15.9 Å². The Morgan fingerprint density at radius 2 is 2.17 bits per heavy atom. The molecule has 1 aromatic rings. The highest BCUT2D eigenvalue weighted by molar-refractivity contribution is 9.10. The lowest BCUT2D eigenvalue weighted by Gasteiger charge is -2.16. The molecule has 3 N–H and O–H groups in total. The highest BCUT2D eigenvalue weighted by Crippen LogP contribution is 2.35. The van der Waals surface area contributed by atoms with Crippen LogP contribution in [0.15, 0.2) is 27.9 Å². The van der Waals surface area contributed by atoms with Crippen LogP contribution in [0, 0.1) is 6.92 Å². The number of hydrogen-bond donors (Lipinski definition) is 3. The molecule has 0 fully saturated rings. The van der Waals surface area contributed by atoms with Gasteiger partial charge in [-0.1, -0.05) is 15.9 Å². The van der Waals surface area contributed by atoms with E-state index in [0.29, 0.717) is 11.3 Å². The predicted molar refractivity (Wildman–Crippen MR) is 86.9 cm³/mol. The number of anilines is 1. The van der Waals surface area contributed by atoms with Gasteiger partial charge in [-0.25, -0.2) is 4.79 Å². The zero-order valence-electron chi connectivity index (χ0n) is 12.7. The van der Waals surface area contributed by atoms with Crippen molar-refractivity contribution in [1.29, 1.82) is 0 Å². The standard InChI is InChI=1S/C15H17BrN2O5/c1-8-10(16)3-4-11(20)12(8)17-13-9(15(22)23-2)7-18(5-6-19)14(13)21/h3-4,17,19-20H,5-7H2,1-2H3. The molecule has 1 aliphatic heterocycles. The normalized spacial score (nSPS) is 14.4. The van der Waals surface area contributed by atoms with Gasteiger partial charge >= 0.3 is 5.97 Å². The number of aromatic hydroxyl groups is 1. The number of esters is 1. The molecule has 2 rings (SSSR count). The Morgan fingerprint density at radius 1 is 1.48 bits per heavy atom. The number of carbonyl (C=O) groups is 2. The van der Waals surface area contributed by atoms with Crippen molar-refractivity contribution in [2.75, 3.05) is 32.1 Å². The molecule has 8 heteroatoms. The number of phenols is 1. The topological polar surface area (TPSA) is 99.1 Å². The Hall–Kier alpha value is -2.06. The SMILES string of the molecule is COC(=O)C1=C(Nc2c(O)ccc(Br)c2C)C(=O)N(CCO)C1. The second-order valence-corrected chi connectivity index (χ2v) is 5.84. The van der Waals surface area contributed by atoms with E-state index < -0.39 is 11.9 Å². The summed E-state index contributed by atoms with van der Waals surface area (Å²) >= 11 is 3.35. The Labute approximate surface area is 141 Å². The maximum Gasteiger partial charge on any atom is 0.337 e. The van der Waals surface area contributed by atoms with E-state index in [4.69, 9.17) is 9.84 Å². The van der Waals surface area contributed by atoms with E-state index in [1.165, 1.54) is 18.1 Å². The molecule has 0 saturated heterocycles. The lowest BCUT2D eigenvalue weighted by molar-refractivity contribution is -0.136. The molecule has 7 nitrogen and oxygen atoms in total. The number of methoxy groups -OCH3 is 1. The molecule has 0 spiro atoms. The van der Waals surface area contributed by atoms with E-state index >= 15 is 0 Å². The Morgan fingerprint density at radius 3 is 2.78 bits per heavy atom. The van der Waals surface area contributed by atoms with Gasteiger partial charge < -0.3 is 25.2 Å². The van der Waals surface area contributed by atoms with Gasteiger partial charge in [0.1, 0.15) is 11.4 Å². The van der Waals surface area contributed by atoms with Crippen LogP contribution in [0.4, 0.5) is 5.69 Å². The number of β-amino-alcohol motifs (C(OH)–C–C–N with tert-alkyl or cyclic N) is 1. The Balaban J connectivity index is 2.43. The number of amides is 1. The first-order valence-corrected chi connectivity index (χ1v) is 7.66. The number of carbonyl (C=O) groups excluding carboxylic acids is 2. The summed E-state index contributed by atoms with van der Waals surface area (Å²) in [5, 5.41) is 21.9. The number of aliphatic hydroxyl groups excluding tert-OH is 1. The number of halogens is 1. The lowest BCUT2D eigenvalue weighted by Crippen LogP contribution is -2.31. The third-order valence-electron chi connectivity index (χ3n) is 3.58. The van der Waals surface area contributed by atoms with Crippen molar-refractivity contribution in [3.8, 4) is 5.75 Å². The van der Waals surface area contributed by atoms with E-state index in [0.717, 1.165) is 4.47 Å². The maximum absolute atomic E-state index is 12.4. The number of aliphatic hydroxyl groups is 1. The van der Waals surface area contributed by atoms with Crippen molar-refractivity contribution >= 4 is 33.5 Å². The van der Waals surface area contributed by atoms with Gasteiger partial charge in [-0.05, 0) is 24.6 Å². The fraction of sp³-hybridized carbons (Fsp3) is 0.333. The van der Waals surface area contributed by atoms with E-state index in [-0.39, 0.29) is 36.7 Å². The molecule has 0 radical (unpaired) electrons. The molecule has 0 unspecified atom stereocenters. The van der Waals surface area contributed by atoms with E-state index in [1.807, 2.05) is 0 Å². The molecule has 0 bridgehead atoms. The minimum Gasteiger partial charge on any atom is -0.506 e. The monoisotopic (exact) mass is 384 g/mol. The zero-order valence-corrected chi connectivity index (χ0v) is 14.3. The van der Waals surface area contributed by atoms with Crippen molar-refractivity contribution in [2.24, 2.45) is 0 Å². The average Bonchev–Trinajstić information content (AvgIpc) is 2.84. The summed E-state index contributed by atoms with van der Waals surface area (Å²) in [6, 6.07) is 3.16. The predicted octanol–water partition coefficient (Wildman–Crippen LogP) is 1.14. The van der Waals surface area contributed by atoms with Crippen LogP contribution in [0.2, 0.25) is 0 Å². The summed E-state index contributed by atoms with van der Waals surface area (Å²) in [6.07, 6.45) is 0. The van der Waals surface area contributed by atoms with E-state index in [1.54, 1.807) is 13.0 Å². The molecule has 0 aliphatic carbocycles. The molecule has 1 heterocycles. The Kier molecular flexibility index (Phi) is 5.27. The van der Waals surface area contributed by atoms with Crippen molar-refractivity contribution in [2.45, 2.75) is 6.92 Å². The second kappa shape index (κ2) is 7.01. The minimum atomic E-state index is -0.631. The first-order chi connectivity index (χ1) is 10.9. The summed E-state index contributed by atoms with van der Waals surface area (Å²) in [4.78, 5) is 25.7. The third kappa shape index (κ3) is 3.32. The molecule has 1 aromatic carbocycles. The molecule has 0 atom stereocenters. The van der Waals surface area contributed by atoms with Gasteiger partial charge in [0, 0.05) is 11.0 Å². The van der Waals surface area contributed by atoms with Crippen molar-refractivity contribution in [1.82, 2.24) is 4.90 Å². The average molecular weight is 385 g/mol. The summed E-state index contributed by atoms with van der Waals surface area (Å²) < 4.78 is 5.46. The summed E-state index contributed by atoms with van der Waals surface area (Å²) in [5.41, 5.74) is 1.22. The largest absolute Gasteiger partial charge is 0.506 e. The summed E-state index contributed by atoms with van der Waals surface area (Å²) in [5.74, 6) is -1.11. The smallest absolute Gasteiger partial charge is 0.337 e. The van der Waals surface area contributed by atoms with Crippen LogP contribution in [0.3, 0.4) is 0 Å². The number of ether oxygens (including phenoxy) is 1. The molecular weight excluding hydrogens is 368 g/mol. The fourth-order valence-corrected chi connectivity index (χ4v) is 2.63. The summed E-state index contributed by atoms with van der Waals surface area (Å²) in [6.45, 7) is 1.69. The highest BCUT2D eigenvalue weighted by Gasteiger charge is 2.35. The number of hydrogen-bond acceptors (Lipinski definition) is 6. The highest BCUT2D eigenvalue weighted by atomic mass is 79.9. The minimum absolute atomic E-state index is 0.0433. The quantitative estimate of drug-likeness (QED) is 0.519. The van der Waals surface area contributed by atoms with E-state index in [2.05, 4.69) is 21.2 Å². The van der Waals surface area contributed by atoms with Gasteiger partial charge in [0.15, 0.2) is 0 Å². The van der Waals surface area contributed by atoms with Crippen molar-refractivity contribution in [3.05, 3.63) is 33.4 Å². The number of phenolic OH excluding ortho intramolecular Hbond substituents is 1. The van der Waals surface area contributed by atoms with Crippen LogP contribution in [0.25, 0.3) is 0 Å². The molecule has 1 amide bonds. The molecule has 124 valence electrons. The maximum atomic E-state index is 12.4. The van der Waals surface area contributed by atoms with Gasteiger partial charge in [-0.3, -0.25) is 4.79 Å². The molecule has 1 aliphatic rings. The molecule has 0 saturated carbocycles. The van der Waals surface area contributed by atoms with Crippen LogP contribution in [0.1, 0.15) is 5.56 Å².